The Morgan fingerprint density at radius 1 is 0.890 bits per heavy atom. The second-order valence-corrected chi connectivity index (χ2v) is 20.3. The number of aromatic nitrogens is 4. The fourth-order valence-corrected chi connectivity index (χ4v) is 8.37. The van der Waals surface area contributed by atoms with Crippen molar-refractivity contribution in [1.82, 2.24) is 34.9 Å². The molecule has 396 valence electrons. The van der Waals surface area contributed by atoms with E-state index in [0.29, 0.717) is 76.3 Å². The molecular weight excluding hydrogens is 964 g/mol. The summed E-state index contributed by atoms with van der Waals surface area (Å²) in [4.78, 5) is 70.2. The number of nitrogens with one attached hydrogen (secondary N) is 3. The van der Waals surface area contributed by atoms with E-state index in [1.165, 1.54) is 48.3 Å². The summed E-state index contributed by atoms with van der Waals surface area (Å²) in [5.74, 6) is -3.83. The fourth-order valence-electron chi connectivity index (χ4n) is 8.11. The van der Waals surface area contributed by atoms with Gasteiger partial charge in [0.25, 0.3) is 11.8 Å². The molecule has 0 atom stereocenters. The topological polar surface area (TPSA) is 205 Å². The van der Waals surface area contributed by atoms with Gasteiger partial charge in [0.1, 0.15) is 11.2 Å². The minimum absolute atomic E-state index is 0.0485. The van der Waals surface area contributed by atoms with Crippen molar-refractivity contribution < 1.29 is 52.3 Å². The Morgan fingerprint density at radius 2 is 1.58 bits per heavy atom. The molecule has 3 heterocycles. The summed E-state index contributed by atoms with van der Waals surface area (Å²) < 4.78 is 50.0. The van der Waals surface area contributed by atoms with Gasteiger partial charge in [0.15, 0.2) is 24.0 Å². The SMILES string of the molecule is COCCn1ncc(-c2ccc(-c3cnc(C(=O)Nc4ccc(C(=O)N5CCC(C(=O)NCCCC(/C=C\[NH2+]CC(=O)OC(C)(C)C)=C/CCCCNC(=O)OC(C)(C)C)CC5)c(Cl)c4)n3C)c(F)c2F)c1C. The third kappa shape index (κ3) is 17.1. The first-order valence-corrected chi connectivity index (χ1v) is 25.0. The van der Waals surface area contributed by atoms with E-state index in [1.807, 2.05) is 53.8 Å². The van der Waals surface area contributed by atoms with Gasteiger partial charge in [-0.1, -0.05) is 23.7 Å². The number of allylic oxidation sites excluding steroid dienone is 3. The number of imidazole rings is 1. The molecule has 1 saturated heterocycles. The molecule has 4 amide bonds. The van der Waals surface area contributed by atoms with Crippen LogP contribution in [-0.4, -0.2) is 112 Å². The molecule has 5 rings (SSSR count). The van der Waals surface area contributed by atoms with Crippen LogP contribution in [-0.2, 0) is 37.4 Å². The van der Waals surface area contributed by atoms with Gasteiger partial charge in [-0.25, -0.2) is 23.4 Å². The van der Waals surface area contributed by atoms with Crippen molar-refractivity contribution in [2.45, 2.75) is 111 Å². The number of carbonyl (C=O) groups is 5. The lowest BCUT2D eigenvalue weighted by Gasteiger charge is -2.31. The highest BCUT2D eigenvalue weighted by atomic mass is 35.5. The standard InChI is InChI=1S/C53H70ClF2N9O8/c1-34-41(31-61-65(34)28-29-71-9)38-18-19-40(46(56)45(38)55)43-32-60-47(63(43)8)49(68)62-37-16-17-39(42(54)30-37)50(69)64-26-21-36(22-27-64)48(67)58-24-13-15-35(20-25-57-33-44(66)72-52(2,3)4)14-11-10-12-23-59-51(70)73-53(5,6)7/h14,16-20,25,30-32,36,57H,10-13,15,21-24,26-29,33H2,1-9H3,(H,58,67)(H,59,70)(H,62,68)/p+1/b25-20-,35-14-. The number of esters is 1. The number of likely N-dealkylation sites (tertiary alicyclic amines) is 1. The van der Waals surface area contributed by atoms with Gasteiger partial charge in [0.05, 0.1) is 48.0 Å². The Kier molecular flexibility index (Phi) is 20.9. The number of ether oxygens (including phenoxy) is 3. The number of carbonyl (C=O) groups excluding carboxylic acids is 5. The zero-order chi connectivity index (χ0) is 53.5. The maximum atomic E-state index is 15.6. The van der Waals surface area contributed by atoms with Gasteiger partial charge >= 0.3 is 12.1 Å². The molecule has 0 bridgehead atoms. The minimum Gasteiger partial charge on any atom is -0.456 e. The van der Waals surface area contributed by atoms with Crippen LogP contribution in [0.1, 0.15) is 113 Å². The van der Waals surface area contributed by atoms with E-state index in [2.05, 4.69) is 32.1 Å². The average molecular weight is 1040 g/mol. The largest absolute Gasteiger partial charge is 0.456 e. The Hall–Kier alpha value is -6.44. The molecule has 0 unspecified atom stereocenters. The third-order valence-corrected chi connectivity index (χ3v) is 12.2. The molecule has 5 N–H and O–H groups in total. The predicted octanol–water partition coefficient (Wildman–Crippen LogP) is 7.88. The maximum absolute atomic E-state index is 15.6. The van der Waals surface area contributed by atoms with Crippen LogP contribution >= 0.6 is 11.6 Å². The number of benzene rings is 2. The summed E-state index contributed by atoms with van der Waals surface area (Å²) in [7, 11) is 3.08. The first-order chi connectivity index (χ1) is 34.6. The van der Waals surface area contributed by atoms with Crippen molar-refractivity contribution in [2.24, 2.45) is 13.0 Å². The highest BCUT2D eigenvalue weighted by Crippen LogP contribution is 2.33. The Bertz CT molecular complexity index is 2640. The number of nitrogens with two attached hydrogens (primary N) is 1. The van der Waals surface area contributed by atoms with E-state index in [1.54, 1.807) is 35.0 Å². The van der Waals surface area contributed by atoms with Crippen molar-refractivity contribution in [3.63, 3.8) is 0 Å². The molecule has 2 aromatic heterocycles. The summed E-state index contributed by atoms with van der Waals surface area (Å²) in [5.41, 5.74) is 1.69. The molecule has 73 heavy (non-hydrogen) atoms. The van der Waals surface area contributed by atoms with Gasteiger partial charge in [0, 0.05) is 74.3 Å². The first kappa shape index (κ1) is 57.5. The second-order valence-electron chi connectivity index (χ2n) is 19.9. The zero-order valence-electron chi connectivity index (χ0n) is 43.5. The first-order valence-electron chi connectivity index (χ1n) is 24.6. The number of nitrogens with zero attached hydrogens (tertiary/aromatic N) is 5. The van der Waals surface area contributed by atoms with Gasteiger partial charge in [-0.2, -0.15) is 5.10 Å². The van der Waals surface area contributed by atoms with Crippen LogP contribution in [0.3, 0.4) is 0 Å². The summed E-state index contributed by atoms with van der Waals surface area (Å²) in [6.07, 6.45) is 13.0. The molecular formula is C53H71ClF2N9O8+. The van der Waals surface area contributed by atoms with Crippen LogP contribution in [0.25, 0.3) is 22.4 Å². The van der Waals surface area contributed by atoms with Gasteiger partial charge < -0.3 is 44.9 Å². The van der Waals surface area contributed by atoms with Crippen LogP contribution in [0.5, 0.6) is 0 Å². The van der Waals surface area contributed by atoms with Crippen molar-refractivity contribution in [2.75, 3.05) is 51.8 Å². The van der Waals surface area contributed by atoms with Crippen molar-refractivity contribution in [1.29, 1.82) is 0 Å². The van der Waals surface area contributed by atoms with E-state index in [4.69, 9.17) is 25.8 Å². The number of hydrogen-bond acceptors (Lipinski definition) is 10. The Balaban J connectivity index is 1.09. The molecule has 4 aromatic rings. The number of alkyl carbamates (subject to hydrolysis) is 1. The van der Waals surface area contributed by atoms with Crippen molar-refractivity contribution in [3.8, 4) is 22.4 Å². The van der Waals surface area contributed by atoms with Gasteiger partial charge in [-0.05, 0) is 129 Å². The molecule has 1 aliphatic rings. The third-order valence-electron chi connectivity index (χ3n) is 11.9. The van der Waals surface area contributed by atoms with Gasteiger partial charge in [0.2, 0.25) is 5.91 Å². The average Bonchev–Trinajstić information content (AvgIpc) is 3.89. The van der Waals surface area contributed by atoms with Crippen LogP contribution in [0.4, 0.5) is 19.3 Å². The lowest BCUT2D eigenvalue weighted by molar-refractivity contribution is -0.578. The molecule has 1 fully saturated rings. The summed E-state index contributed by atoms with van der Waals surface area (Å²) >= 11 is 6.61. The van der Waals surface area contributed by atoms with Crippen LogP contribution < -0.4 is 21.3 Å². The number of hydrogen-bond donors (Lipinski definition) is 4. The van der Waals surface area contributed by atoms with Crippen LogP contribution in [0.2, 0.25) is 5.02 Å². The monoisotopic (exact) mass is 1030 g/mol. The zero-order valence-corrected chi connectivity index (χ0v) is 44.2. The number of amides is 4. The Labute approximate surface area is 431 Å². The summed E-state index contributed by atoms with van der Waals surface area (Å²) in [6, 6.07) is 7.42. The lowest BCUT2D eigenvalue weighted by atomic mass is 9.95. The summed E-state index contributed by atoms with van der Waals surface area (Å²) in [6.45, 7) is 15.4. The quantitative estimate of drug-likeness (QED) is 0.0341. The van der Waals surface area contributed by atoms with E-state index < -0.39 is 34.8 Å². The number of piperidine rings is 1. The number of halogens is 3. The van der Waals surface area contributed by atoms with Crippen molar-refractivity contribution in [3.05, 3.63) is 100 Å². The maximum Gasteiger partial charge on any atom is 0.407 e. The van der Waals surface area contributed by atoms with Crippen LogP contribution in [0, 0.1) is 24.5 Å². The number of rotatable bonds is 22. The van der Waals surface area contributed by atoms with Crippen molar-refractivity contribution >= 4 is 47.1 Å². The molecule has 2 aromatic carbocycles. The summed E-state index contributed by atoms with van der Waals surface area (Å²) in [5, 5.41) is 14.7. The highest BCUT2D eigenvalue weighted by molar-refractivity contribution is 6.34. The van der Waals surface area contributed by atoms with Crippen LogP contribution in [0.15, 0.2) is 66.7 Å². The number of methoxy groups -OCH3 is 1. The molecule has 1 aliphatic heterocycles. The molecule has 0 spiro atoms. The number of quaternary nitrogens is 1. The molecule has 0 aliphatic carbocycles. The highest BCUT2D eigenvalue weighted by Gasteiger charge is 2.29. The molecule has 0 saturated carbocycles. The van der Waals surface area contributed by atoms with E-state index >= 15 is 8.78 Å². The fraction of sp³-hybridized carbons (Fsp3) is 0.491. The molecule has 17 nitrogen and oxygen atoms in total. The van der Waals surface area contributed by atoms with E-state index in [0.717, 1.165) is 24.8 Å². The molecule has 20 heteroatoms. The minimum atomic E-state index is -1.10. The van der Waals surface area contributed by atoms with Gasteiger partial charge in [-0.3, -0.25) is 19.1 Å². The van der Waals surface area contributed by atoms with E-state index in [-0.39, 0.29) is 69.2 Å². The van der Waals surface area contributed by atoms with Gasteiger partial charge in [-0.15, -0.1) is 0 Å². The smallest absolute Gasteiger partial charge is 0.407 e. The normalized spacial score (nSPS) is 13.6. The number of anilines is 1. The Morgan fingerprint density at radius 3 is 2.26 bits per heavy atom. The predicted molar refractivity (Wildman–Crippen MR) is 275 cm³/mol. The second kappa shape index (κ2) is 26.5. The molecule has 0 radical (unpaired) electrons. The van der Waals surface area contributed by atoms with E-state index in [9.17, 15) is 24.0 Å². The number of unbranched alkanes of at least 4 members (excludes halogenated alkanes) is 2. The lowest BCUT2D eigenvalue weighted by Crippen LogP contribution is -2.80.